The molecule has 0 aliphatic rings. The lowest BCUT2D eigenvalue weighted by atomic mass is 10.1. The lowest BCUT2D eigenvalue weighted by Crippen LogP contribution is -2.23. The summed E-state index contributed by atoms with van der Waals surface area (Å²) < 4.78 is 10.0. The van der Waals surface area contributed by atoms with Crippen molar-refractivity contribution in [3.63, 3.8) is 0 Å². The first kappa shape index (κ1) is 33.9. The van der Waals surface area contributed by atoms with Gasteiger partial charge >= 0.3 is 0 Å². The van der Waals surface area contributed by atoms with Crippen molar-refractivity contribution < 1.29 is 9.59 Å². The first-order valence-corrected chi connectivity index (χ1v) is 18.6. The van der Waals surface area contributed by atoms with Crippen molar-refractivity contribution in [1.29, 1.82) is 0 Å². The molecule has 10 rings (SSSR count). The van der Waals surface area contributed by atoms with E-state index >= 15 is 0 Å². The van der Waals surface area contributed by atoms with E-state index in [4.69, 9.17) is 0 Å². The van der Waals surface area contributed by atoms with E-state index in [-0.39, 0.29) is 43.4 Å². The van der Waals surface area contributed by atoms with Gasteiger partial charge in [0, 0.05) is 45.4 Å². The maximum atomic E-state index is 14.2. The number of fused-ring (bicyclic) bond motifs is 6. The molecular formula is C44H34N10O3. The highest BCUT2D eigenvalue weighted by Gasteiger charge is 2.23. The standard InChI is InChI=1S/C44H34N10O3/c1-29-37(23-30-24-49(47-45-30)27-42(55)52-38-19-9-5-15-33(38)34-16-6-10-20-39(34)52)44(57)54(32-13-3-2-4-14-32)51(29)26-31-25-50(48-46-31)28-43(56)53-40-21-11-7-17-35(40)36-18-8-12-22-41(36)53/h2-22,24-25H,23,26-28H2,1H3. The summed E-state index contributed by atoms with van der Waals surface area (Å²) in [6, 6.07) is 40.8. The summed E-state index contributed by atoms with van der Waals surface area (Å²) in [5.74, 6) is -0.295. The Bertz CT molecular complexity index is 3120. The van der Waals surface area contributed by atoms with Crippen LogP contribution in [0.4, 0.5) is 0 Å². The van der Waals surface area contributed by atoms with E-state index in [0.29, 0.717) is 22.6 Å². The van der Waals surface area contributed by atoms with E-state index in [9.17, 15) is 14.4 Å². The van der Waals surface area contributed by atoms with E-state index in [1.807, 2.05) is 139 Å². The lowest BCUT2D eigenvalue weighted by Gasteiger charge is -2.12. The van der Waals surface area contributed by atoms with Gasteiger partial charge in [-0.15, -0.1) is 10.2 Å². The van der Waals surface area contributed by atoms with Crippen molar-refractivity contribution >= 4 is 55.4 Å². The highest BCUT2D eigenvalue weighted by molar-refractivity contribution is 6.14. The Morgan fingerprint density at radius 1 is 0.544 bits per heavy atom. The van der Waals surface area contributed by atoms with Gasteiger partial charge in [-0.2, -0.15) is 0 Å². The van der Waals surface area contributed by atoms with Crippen LogP contribution in [-0.4, -0.2) is 60.3 Å². The number of para-hydroxylation sites is 5. The summed E-state index contributed by atoms with van der Waals surface area (Å²) >= 11 is 0. The maximum Gasteiger partial charge on any atom is 0.275 e. The molecule has 0 spiro atoms. The van der Waals surface area contributed by atoms with Crippen molar-refractivity contribution in [2.75, 3.05) is 0 Å². The fourth-order valence-electron chi connectivity index (χ4n) is 8.04. The molecule has 5 aromatic heterocycles. The van der Waals surface area contributed by atoms with Gasteiger partial charge < -0.3 is 0 Å². The summed E-state index contributed by atoms with van der Waals surface area (Å²) in [5.41, 5.74) is 6.20. The molecule has 0 amide bonds. The Hall–Kier alpha value is -7.67. The molecule has 278 valence electrons. The second-order valence-corrected chi connectivity index (χ2v) is 14.1. The van der Waals surface area contributed by atoms with Crippen LogP contribution in [-0.2, 0) is 26.1 Å². The number of nitrogens with zero attached hydrogens (tertiary/aromatic N) is 10. The van der Waals surface area contributed by atoms with Crippen molar-refractivity contribution in [3.05, 3.63) is 173 Å². The molecule has 0 bridgehead atoms. The molecule has 0 saturated heterocycles. The van der Waals surface area contributed by atoms with Crippen molar-refractivity contribution in [2.24, 2.45) is 0 Å². The van der Waals surface area contributed by atoms with Crippen LogP contribution in [0.25, 0.3) is 49.3 Å². The number of carbonyl (C=O) groups is 2. The second kappa shape index (κ2) is 13.6. The van der Waals surface area contributed by atoms with E-state index in [1.54, 1.807) is 26.2 Å². The molecule has 0 aliphatic heterocycles. The van der Waals surface area contributed by atoms with Gasteiger partial charge in [-0.25, -0.2) is 14.0 Å². The Morgan fingerprint density at radius 2 is 0.965 bits per heavy atom. The minimum Gasteiger partial charge on any atom is -0.278 e. The van der Waals surface area contributed by atoms with Crippen LogP contribution in [0.1, 0.15) is 32.2 Å². The van der Waals surface area contributed by atoms with Gasteiger partial charge in [0.2, 0.25) is 0 Å². The molecule has 10 aromatic rings. The zero-order valence-electron chi connectivity index (χ0n) is 30.8. The quantitative estimate of drug-likeness (QED) is 0.161. The van der Waals surface area contributed by atoms with Gasteiger partial charge in [-0.1, -0.05) is 101 Å². The predicted molar refractivity (Wildman–Crippen MR) is 217 cm³/mol. The van der Waals surface area contributed by atoms with E-state index < -0.39 is 0 Å². The van der Waals surface area contributed by atoms with Crippen molar-refractivity contribution in [3.8, 4) is 5.69 Å². The molecule has 0 unspecified atom stereocenters. The average molecular weight is 751 g/mol. The van der Waals surface area contributed by atoms with Gasteiger partial charge in [0.1, 0.15) is 18.8 Å². The molecule has 0 atom stereocenters. The van der Waals surface area contributed by atoms with Gasteiger partial charge in [-0.3, -0.25) is 28.2 Å². The number of carbonyl (C=O) groups excluding carboxylic acids is 2. The number of hydrogen-bond acceptors (Lipinski definition) is 7. The molecule has 0 aliphatic carbocycles. The van der Waals surface area contributed by atoms with Crippen LogP contribution in [0.5, 0.6) is 0 Å². The molecule has 5 aromatic carbocycles. The summed E-state index contributed by atoms with van der Waals surface area (Å²) in [5, 5.41) is 21.4. The van der Waals surface area contributed by atoms with Gasteiger partial charge in [0.15, 0.2) is 0 Å². The fourth-order valence-corrected chi connectivity index (χ4v) is 8.04. The number of benzene rings is 5. The molecule has 0 radical (unpaired) electrons. The molecule has 57 heavy (non-hydrogen) atoms. The minimum absolute atomic E-state index is 0.0218. The average Bonchev–Trinajstić information content (AvgIpc) is 4.06. The van der Waals surface area contributed by atoms with Crippen LogP contribution in [0.3, 0.4) is 0 Å². The Balaban J connectivity index is 0.923. The lowest BCUT2D eigenvalue weighted by molar-refractivity contribution is 0.0887. The third kappa shape index (κ3) is 5.75. The normalized spacial score (nSPS) is 11.7. The first-order chi connectivity index (χ1) is 27.9. The highest BCUT2D eigenvalue weighted by Crippen LogP contribution is 2.30. The van der Waals surface area contributed by atoms with Crippen molar-refractivity contribution in [1.82, 2.24) is 48.5 Å². The van der Waals surface area contributed by atoms with Crippen LogP contribution < -0.4 is 5.56 Å². The molecule has 0 fully saturated rings. The minimum atomic E-state index is -0.205. The third-order valence-electron chi connectivity index (χ3n) is 10.6. The summed E-state index contributed by atoms with van der Waals surface area (Å²) in [4.78, 5) is 41.8. The second-order valence-electron chi connectivity index (χ2n) is 14.1. The molecule has 0 saturated carbocycles. The Labute approximate surface area is 324 Å². The molecule has 5 heterocycles. The summed E-state index contributed by atoms with van der Waals surface area (Å²) in [6.07, 6.45) is 3.66. The number of hydrogen-bond donors (Lipinski definition) is 0. The highest BCUT2D eigenvalue weighted by atomic mass is 16.2. The Kier molecular flexibility index (Phi) is 8.06. The molecule has 13 nitrogen and oxygen atoms in total. The monoisotopic (exact) mass is 750 g/mol. The smallest absolute Gasteiger partial charge is 0.275 e. The zero-order chi connectivity index (χ0) is 38.6. The summed E-state index contributed by atoms with van der Waals surface area (Å²) in [6.45, 7) is 2.06. The molecule has 0 N–H and O–H groups in total. The van der Waals surface area contributed by atoms with E-state index in [0.717, 1.165) is 49.3 Å². The maximum absolute atomic E-state index is 14.2. The Morgan fingerprint density at radius 3 is 1.46 bits per heavy atom. The van der Waals surface area contributed by atoms with Gasteiger partial charge in [-0.05, 0) is 43.3 Å². The predicted octanol–water partition coefficient (Wildman–Crippen LogP) is 6.67. The summed E-state index contributed by atoms with van der Waals surface area (Å²) in [7, 11) is 0. The van der Waals surface area contributed by atoms with E-state index in [2.05, 4.69) is 20.6 Å². The van der Waals surface area contributed by atoms with Crippen LogP contribution >= 0.6 is 0 Å². The number of aromatic nitrogens is 10. The largest absolute Gasteiger partial charge is 0.278 e. The van der Waals surface area contributed by atoms with Crippen LogP contribution in [0.15, 0.2) is 145 Å². The molecule has 13 heteroatoms. The van der Waals surface area contributed by atoms with Crippen molar-refractivity contribution in [2.45, 2.75) is 33.0 Å². The SMILES string of the molecule is Cc1c(Cc2cn(CC(=O)n3c4ccccc4c4ccccc43)nn2)c(=O)n(-c2ccccc2)n1Cc1cn(CC(=O)n2c3ccccc3c3ccccc32)nn1. The van der Waals surface area contributed by atoms with Crippen LogP contribution in [0, 0.1) is 6.92 Å². The topological polar surface area (TPSA) is 132 Å². The fraction of sp³-hybridized carbons (Fsp3) is 0.114. The third-order valence-corrected chi connectivity index (χ3v) is 10.6. The zero-order valence-corrected chi connectivity index (χ0v) is 30.8. The van der Waals surface area contributed by atoms with Crippen LogP contribution in [0.2, 0.25) is 0 Å². The van der Waals surface area contributed by atoms with Gasteiger partial charge in [0.25, 0.3) is 17.4 Å². The molecular weight excluding hydrogens is 717 g/mol. The first-order valence-electron chi connectivity index (χ1n) is 18.6. The van der Waals surface area contributed by atoms with Gasteiger partial charge in [0.05, 0.1) is 46.2 Å². The number of rotatable bonds is 9. The van der Waals surface area contributed by atoms with E-state index in [1.165, 1.54) is 9.36 Å².